The summed E-state index contributed by atoms with van der Waals surface area (Å²) in [4.78, 5) is 23.5. The van der Waals surface area contributed by atoms with Crippen molar-refractivity contribution in [3.05, 3.63) is 35.9 Å². The summed E-state index contributed by atoms with van der Waals surface area (Å²) in [7, 11) is 0. The lowest BCUT2D eigenvalue weighted by atomic mass is 9.80. The van der Waals surface area contributed by atoms with Gasteiger partial charge in [0.2, 0.25) is 0 Å². The Labute approximate surface area is 114 Å². The second kappa shape index (κ2) is 5.55. The number of Topliss-reactive ketones (excluding diaryl/α,β-unsaturated/α-hetero) is 1. The number of carbonyl (C=O) groups is 2. The van der Waals surface area contributed by atoms with Gasteiger partial charge >= 0.3 is 5.97 Å². The summed E-state index contributed by atoms with van der Waals surface area (Å²) in [6.45, 7) is 4.26. The van der Waals surface area contributed by atoms with Gasteiger partial charge in [-0.15, -0.1) is 0 Å². The molecule has 0 N–H and O–H groups in total. The lowest BCUT2D eigenvalue weighted by Gasteiger charge is -2.37. The molecule has 3 nitrogen and oxygen atoms in total. The Morgan fingerprint density at radius 2 is 1.89 bits per heavy atom. The van der Waals surface area contributed by atoms with Crippen molar-refractivity contribution in [1.82, 2.24) is 0 Å². The van der Waals surface area contributed by atoms with Crippen LogP contribution < -0.4 is 0 Å². The van der Waals surface area contributed by atoms with Crippen LogP contribution in [-0.2, 0) is 19.9 Å². The third-order valence-corrected chi connectivity index (χ3v) is 3.56. The summed E-state index contributed by atoms with van der Waals surface area (Å²) in [5.74, 6) is 0.0871. The largest absolute Gasteiger partial charge is 0.453 e. The second-order valence-electron chi connectivity index (χ2n) is 5.66. The number of hydrogen-bond donors (Lipinski definition) is 0. The molecule has 3 heteroatoms. The average molecular weight is 260 g/mol. The van der Waals surface area contributed by atoms with Gasteiger partial charge in [0.25, 0.3) is 0 Å². The molecule has 0 aromatic heterocycles. The van der Waals surface area contributed by atoms with Crippen LogP contribution >= 0.6 is 0 Å². The molecular formula is C16H20O3. The predicted molar refractivity (Wildman–Crippen MR) is 72.5 cm³/mol. The Balaban J connectivity index is 2.32. The van der Waals surface area contributed by atoms with Crippen molar-refractivity contribution in [3.63, 3.8) is 0 Å². The molecule has 0 bridgehead atoms. The number of benzene rings is 1. The normalized spacial score (nSPS) is 23.5. The summed E-state index contributed by atoms with van der Waals surface area (Å²) in [5, 5.41) is 0. The van der Waals surface area contributed by atoms with E-state index in [1.807, 2.05) is 30.3 Å². The van der Waals surface area contributed by atoms with Crippen molar-refractivity contribution in [2.75, 3.05) is 0 Å². The van der Waals surface area contributed by atoms with Crippen LogP contribution in [0.25, 0.3) is 0 Å². The zero-order valence-corrected chi connectivity index (χ0v) is 11.5. The minimum atomic E-state index is -0.752. The van der Waals surface area contributed by atoms with E-state index in [4.69, 9.17) is 4.74 Å². The van der Waals surface area contributed by atoms with Gasteiger partial charge in [0.1, 0.15) is 17.8 Å². The molecular weight excluding hydrogens is 240 g/mol. The SMILES string of the molecule is CC(C)CCC1(c2ccccc2)CC(=O)CC(=O)O1. The summed E-state index contributed by atoms with van der Waals surface area (Å²) >= 11 is 0. The van der Waals surface area contributed by atoms with Gasteiger partial charge in [-0.05, 0) is 24.3 Å². The molecule has 19 heavy (non-hydrogen) atoms. The van der Waals surface area contributed by atoms with Gasteiger partial charge in [0.15, 0.2) is 0 Å². The Bertz CT molecular complexity index is 446. The van der Waals surface area contributed by atoms with Crippen LogP contribution in [0.1, 0.15) is 45.1 Å². The zero-order valence-electron chi connectivity index (χ0n) is 11.5. The number of ether oxygens (including phenoxy) is 1. The summed E-state index contributed by atoms with van der Waals surface area (Å²) in [5.41, 5.74) is 0.176. The highest BCUT2D eigenvalue weighted by atomic mass is 16.6. The fourth-order valence-electron chi connectivity index (χ4n) is 2.54. The van der Waals surface area contributed by atoms with Gasteiger partial charge in [-0.3, -0.25) is 9.59 Å². The van der Waals surface area contributed by atoms with Crippen LogP contribution in [0.3, 0.4) is 0 Å². The smallest absolute Gasteiger partial charge is 0.314 e. The highest BCUT2D eigenvalue weighted by molar-refractivity contribution is 5.98. The minimum Gasteiger partial charge on any atom is -0.453 e. The van der Waals surface area contributed by atoms with Crippen molar-refractivity contribution in [3.8, 4) is 0 Å². The van der Waals surface area contributed by atoms with E-state index in [0.29, 0.717) is 18.8 Å². The van der Waals surface area contributed by atoms with E-state index in [0.717, 1.165) is 12.0 Å². The minimum absolute atomic E-state index is 0.0242. The molecule has 0 radical (unpaired) electrons. The third-order valence-electron chi connectivity index (χ3n) is 3.56. The molecule has 2 rings (SSSR count). The van der Waals surface area contributed by atoms with Gasteiger partial charge in [0.05, 0.1) is 6.42 Å². The average Bonchev–Trinajstić information content (AvgIpc) is 2.36. The Morgan fingerprint density at radius 3 is 2.47 bits per heavy atom. The standard InChI is InChI=1S/C16H20O3/c1-12(2)8-9-16(13-6-4-3-5-7-13)11-14(17)10-15(18)19-16/h3-7,12H,8-11H2,1-2H3. The molecule has 0 saturated carbocycles. The molecule has 1 aromatic rings. The van der Waals surface area contributed by atoms with Crippen LogP contribution in [0.4, 0.5) is 0 Å². The van der Waals surface area contributed by atoms with Crippen molar-refractivity contribution in [1.29, 1.82) is 0 Å². The monoisotopic (exact) mass is 260 g/mol. The van der Waals surface area contributed by atoms with E-state index in [1.165, 1.54) is 0 Å². The highest BCUT2D eigenvalue weighted by Crippen LogP contribution is 2.39. The number of cyclic esters (lactones) is 1. The summed E-state index contributed by atoms with van der Waals surface area (Å²) < 4.78 is 5.62. The molecule has 1 fully saturated rings. The van der Waals surface area contributed by atoms with E-state index < -0.39 is 11.6 Å². The Kier molecular flexibility index (Phi) is 4.03. The fraction of sp³-hybridized carbons (Fsp3) is 0.500. The van der Waals surface area contributed by atoms with E-state index in [2.05, 4.69) is 13.8 Å². The summed E-state index contributed by atoms with van der Waals surface area (Å²) in [6.07, 6.45) is 1.84. The molecule has 102 valence electrons. The fourth-order valence-corrected chi connectivity index (χ4v) is 2.54. The van der Waals surface area contributed by atoms with Crippen molar-refractivity contribution in [2.24, 2.45) is 5.92 Å². The topological polar surface area (TPSA) is 43.4 Å². The van der Waals surface area contributed by atoms with E-state index in [1.54, 1.807) is 0 Å². The molecule has 1 heterocycles. The molecule has 1 aliphatic rings. The molecule has 1 saturated heterocycles. The number of rotatable bonds is 4. The van der Waals surface area contributed by atoms with Crippen molar-refractivity contribution < 1.29 is 14.3 Å². The van der Waals surface area contributed by atoms with Crippen LogP contribution in [0.15, 0.2) is 30.3 Å². The Morgan fingerprint density at radius 1 is 1.21 bits per heavy atom. The third kappa shape index (κ3) is 3.22. The first-order valence-corrected chi connectivity index (χ1v) is 6.81. The number of hydrogen-bond acceptors (Lipinski definition) is 3. The van der Waals surface area contributed by atoms with Crippen LogP contribution in [-0.4, -0.2) is 11.8 Å². The maximum atomic E-state index is 11.8. The second-order valence-corrected chi connectivity index (χ2v) is 5.66. The molecule has 0 spiro atoms. The molecule has 0 aliphatic carbocycles. The number of ketones is 1. The zero-order chi connectivity index (χ0) is 13.9. The first kappa shape index (κ1) is 13.8. The highest BCUT2D eigenvalue weighted by Gasteiger charge is 2.42. The number of esters is 1. The van der Waals surface area contributed by atoms with Crippen LogP contribution in [0, 0.1) is 5.92 Å². The maximum Gasteiger partial charge on any atom is 0.314 e. The van der Waals surface area contributed by atoms with Crippen molar-refractivity contribution >= 4 is 11.8 Å². The van der Waals surface area contributed by atoms with Gasteiger partial charge in [-0.1, -0.05) is 44.2 Å². The predicted octanol–water partition coefficient (Wildman–Crippen LogP) is 3.22. The molecule has 1 atom stereocenters. The Hall–Kier alpha value is -1.64. The number of carbonyl (C=O) groups excluding carboxylic acids is 2. The molecule has 1 unspecified atom stereocenters. The van der Waals surface area contributed by atoms with E-state index >= 15 is 0 Å². The lowest BCUT2D eigenvalue weighted by Crippen LogP contribution is -2.40. The molecule has 0 amide bonds. The van der Waals surface area contributed by atoms with Gasteiger partial charge in [-0.25, -0.2) is 0 Å². The quantitative estimate of drug-likeness (QED) is 0.616. The summed E-state index contributed by atoms with van der Waals surface area (Å²) in [6, 6.07) is 9.63. The van der Waals surface area contributed by atoms with Gasteiger partial charge < -0.3 is 4.74 Å². The van der Waals surface area contributed by atoms with Crippen molar-refractivity contribution in [2.45, 2.75) is 45.1 Å². The van der Waals surface area contributed by atoms with Crippen LogP contribution in [0.2, 0.25) is 0 Å². The van der Waals surface area contributed by atoms with Gasteiger partial charge in [0, 0.05) is 0 Å². The molecule has 1 aromatic carbocycles. The van der Waals surface area contributed by atoms with E-state index in [9.17, 15) is 9.59 Å². The van der Waals surface area contributed by atoms with Gasteiger partial charge in [-0.2, -0.15) is 0 Å². The van der Waals surface area contributed by atoms with E-state index in [-0.39, 0.29) is 12.2 Å². The van der Waals surface area contributed by atoms with Crippen LogP contribution in [0.5, 0.6) is 0 Å². The lowest BCUT2D eigenvalue weighted by molar-refractivity contribution is -0.173. The first-order valence-electron chi connectivity index (χ1n) is 6.81. The maximum absolute atomic E-state index is 11.8. The molecule has 1 aliphatic heterocycles. The first-order chi connectivity index (χ1) is 9.02.